The lowest BCUT2D eigenvalue weighted by molar-refractivity contribution is 0.0168. The number of hydrogen-bond donors (Lipinski definition) is 3. The highest BCUT2D eigenvalue weighted by Crippen LogP contribution is 2.39. The summed E-state index contributed by atoms with van der Waals surface area (Å²) in [4.78, 5) is 15.7. The van der Waals surface area contributed by atoms with E-state index in [1.165, 1.54) is 4.57 Å². The fourth-order valence-electron chi connectivity index (χ4n) is 4.72. The third-order valence-corrected chi connectivity index (χ3v) is 8.15. The number of aromatic nitrogens is 2. The minimum absolute atomic E-state index is 0.0574. The van der Waals surface area contributed by atoms with Crippen LogP contribution in [0.4, 0.5) is 5.69 Å². The van der Waals surface area contributed by atoms with Crippen molar-refractivity contribution < 1.29 is 22.6 Å². The first kappa shape index (κ1) is 27.8. The summed E-state index contributed by atoms with van der Waals surface area (Å²) >= 11 is 0. The molecule has 0 radical (unpaired) electrons. The highest BCUT2D eigenvalue weighted by molar-refractivity contribution is 7.92. The molecule has 4 aromatic rings. The normalized spacial score (nSPS) is 14.3. The Balaban J connectivity index is 1.41. The number of benzene rings is 2. The number of aryl methyl sites for hydroxylation is 1. The van der Waals surface area contributed by atoms with Crippen LogP contribution in [0.1, 0.15) is 19.8 Å². The lowest BCUT2D eigenvalue weighted by atomic mass is 10.0. The zero-order valence-corrected chi connectivity index (χ0v) is 23.4. The van der Waals surface area contributed by atoms with Crippen molar-refractivity contribution in [2.24, 2.45) is 7.05 Å². The summed E-state index contributed by atoms with van der Waals surface area (Å²) in [5.41, 5.74) is 2.02. The Morgan fingerprint density at radius 3 is 2.62 bits per heavy atom. The zero-order chi connectivity index (χ0) is 28.1. The number of anilines is 1. The van der Waals surface area contributed by atoms with E-state index in [4.69, 9.17) is 14.2 Å². The molecule has 1 aliphatic heterocycles. The second kappa shape index (κ2) is 12.2. The van der Waals surface area contributed by atoms with Gasteiger partial charge in [-0.15, -0.1) is 0 Å². The molecule has 0 aliphatic carbocycles. The molecule has 0 atom stereocenters. The van der Waals surface area contributed by atoms with Crippen LogP contribution in [0.25, 0.3) is 22.0 Å². The van der Waals surface area contributed by atoms with Gasteiger partial charge in [0.25, 0.3) is 5.56 Å². The van der Waals surface area contributed by atoms with Gasteiger partial charge in [0.1, 0.15) is 29.4 Å². The number of nitrogens with zero attached hydrogens (tertiary/aromatic N) is 1. The van der Waals surface area contributed by atoms with Gasteiger partial charge in [-0.2, -0.15) is 0 Å². The van der Waals surface area contributed by atoms with Gasteiger partial charge in [-0.25, -0.2) is 8.42 Å². The summed E-state index contributed by atoms with van der Waals surface area (Å²) in [7, 11) is -1.82. The molecule has 11 heteroatoms. The Morgan fingerprint density at radius 2 is 1.82 bits per heavy atom. The fraction of sp³-hybridized carbons (Fsp3) is 0.345. The van der Waals surface area contributed by atoms with Crippen LogP contribution in [0.15, 0.2) is 65.7 Å². The average molecular weight is 567 g/mol. The fourth-order valence-corrected chi connectivity index (χ4v) is 5.35. The van der Waals surface area contributed by atoms with Crippen LogP contribution in [-0.4, -0.2) is 56.1 Å². The molecule has 5 rings (SSSR count). The first-order valence-electron chi connectivity index (χ1n) is 13.4. The number of sulfonamides is 1. The number of pyridine rings is 1. The van der Waals surface area contributed by atoms with Gasteiger partial charge in [0, 0.05) is 47.7 Å². The molecule has 3 N–H and O–H groups in total. The number of H-pyrrole nitrogens is 1. The maximum absolute atomic E-state index is 12.7. The van der Waals surface area contributed by atoms with E-state index in [1.54, 1.807) is 50.6 Å². The van der Waals surface area contributed by atoms with E-state index in [2.05, 4.69) is 15.0 Å². The number of rotatable bonds is 11. The van der Waals surface area contributed by atoms with Crippen LogP contribution in [-0.2, 0) is 21.8 Å². The molecule has 40 heavy (non-hydrogen) atoms. The zero-order valence-electron chi connectivity index (χ0n) is 22.6. The van der Waals surface area contributed by atoms with Crippen molar-refractivity contribution in [3.8, 4) is 28.4 Å². The van der Waals surface area contributed by atoms with Gasteiger partial charge >= 0.3 is 0 Å². The second-order valence-electron chi connectivity index (χ2n) is 9.69. The molecular weight excluding hydrogens is 532 g/mol. The molecule has 0 amide bonds. The average Bonchev–Trinajstić information content (AvgIpc) is 3.45. The number of hydrogen-bond acceptors (Lipinski definition) is 7. The summed E-state index contributed by atoms with van der Waals surface area (Å²) in [5.74, 6) is 1.63. The van der Waals surface area contributed by atoms with Crippen molar-refractivity contribution >= 4 is 26.6 Å². The van der Waals surface area contributed by atoms with Gasteiger partial charge in [0.05, 0.1) is 18.5 Å². The molecule has 10 nitrogen and oxygen atoms in total. The number of fused-ring (bicyclic) bond motifs is 1. The van der Waals surface area contributed by atoms with E-state index < -0.39 is 10.0 Å². The Labute approximate surface area is 233 Å². The van der Waals surface area contributed by atoms with E-state index >= 15 is 0 Å². The number of ether oxygens (including phenoxy) is 3. The summed E-state index contributed by atoms with van der Waals surface area (Å²) in [5, 5.41) is 4.03. The number of nitrogens with one attached hydrogen (secondary N) is 3. The topological polar surface area (TPSA) is 124 Å². The van der Waals surface area contributed by atoms with Crippen LogP contribution >= 0.6 is 0 Å². The van der Waals surface area contributed by atoms with Gasteiger partial charge in [-0.05, 0) is 69.3 Å². The predicted octanol–water partition coefficient (Wildman–Crippen LogP) is 4.23. The van der Waals surface area contributed by atoms with Gasteiger partial charge in [-0.3, -0.25) is 9.52 Å². The van der Waals surface area contributed by atoms with Gasteiger partial charge in [-0.1, -0.05) is 6.07 Å². The van der Waals surface area contributed by atoms with Crippen LogP contribution in [0.2, 0.25) is 0 Å². The maximum atomic E-state index is 12.7. The molecule has 0 unspecified atom stereocenters. The Hall–Kier alpha value is -3.80. The van der Waals surface area contributed by atoms with Crippen molar-refractivity contribution in [3.05, 3.63) is 71.3 Å². The molecule has 1 fully saturated rings. The summed E-state index contributed by atoms with van der Waals surface area (Å²) < 4.78 is 46.8. The van der Waals surface area contributed by atoms with E-state index in [0.717, 1.165) is 25.9 Å². The monoisotopic (exact) mass is 566 g/mol. The molecule has 0 saturated carbocycles. The van der Waals surface area contributed by atoms with Crippen LogP contribution in [0, 0.1) is 0 Å². The first-order valence-corrected chi connectivity index (χ1v) is 15.0. The maximum Gasteiger partial charge on any atom is 0.274 e. The van der Waals surface area contributed by atoms with Crippen LogP contribution in [0.5, 0.6) is 17.2 Å². The van der Waals surface area contributed by atoms with Gasteiger partial charge in [0.2, 0.25) is 10.0 Å². The smallest absolute Gasteiger partial charge is 0.274 e. The minimum atomic E-state index is -3.50. The summed E-state index contributed by atoms with van der Waals surface area (Å²) in [6, 6.07) is 14.2. The Bertz CT molecular complexity index is 1640. The lowest BCUT2D eigenvalue weighted by Crippen LogP contribution is -2.33. The molecule has 1 saturated heterocycles. The summed E-state index contributed by atoms with van der Waals surface area (Å²) in [6.07, 6.45) is 5.71. The standard InChI is InChI=1S/C29H34N4O6S/c1-3-40(35,36)32-20-7-8-27(25(17-20)26-19-33(2)29(34)28-24(26)11-14-31-28)39-23-6-4-5-22(18-23)38-16-15-37-21-9-12-30-13-10-21/h4-8,11,14,17-19,21,30-32H,3,9-10,12-13,15-16H2,1-2H3. The highest BCUT2D eigenvalue weighted by atomic mass is 32.2. The molecule has 2 aromatic heterocycles. The molecule has 1 aliphatic rings. The van der Waals surface area contributed by atoms with Crippen LogP contribution < -0.4 is 25.1 Å². The Kier molecular flexibility index (Phi) is 8.43. The second-order valence-corrected chi connectivity index (χ2v) is 11.7. The molecular formula is C29H34N4O6S. The van der Waals surface area contributed by atoms with E-state index in [1.807, 2.05) is 24.3 Å². The van der Waals surface area contributed by atoms with Gasteiger partial charge in [0.15, 0.2) is 0 Å². The number of piperidine rings is 1. The highest BCUT2D eigenvalue weighted by Gasteiger charge is 2.18. The Morgan fingerprint density at radius 1 is 1.02 bits per heavy atom. The third kappa shape index (κ3) is 6.49. The summed E-state index contributed by atoms with van der Waals surface area (Å²) in [6.45, 7) is 4.47. The van der Waals surface area contributed by atoms with Crippen molar-refractivity contribution in [3.63, 3.8) is 0 Å². The number of aromatic amines is 1. The van der Waals surface area contributed by atoms with E-state index in [9.17, 15) is 13.2 Å². The predicted molar refractivity (Wildman–Crippen MR) is 156 cm³/mol. The molecule has 3 heterocycles. The molecule has 212 valence electrons. The minimum Gasteiger partial charge on any atom is -0.491 e. The van der Waals surface area contributed by atoms with Crippen molar-refractivity contribution in [2.75, 3.05) is 36.8 Å². The largest absolute Gasteiger partial charge is 0.491 e. The quantitative estimate of drug-likeness (QED) is 0.232. The van der Waals surface area contributed by atoms with E-state index in [-0.39, 0.29) is 17.4 Å². The third-order valence-electron chi connectivity index (χ3n) is 6.84. The van der Waals surface area contributed by atoms with Crippen molar-refractivity contribution in [1.29, 1.82) is 0 Å². The van der Waals surface area contributed by atoms with Crippen molar-refractivity contribution in [2.45, 2.75) is 25.9 Å². The van der Waals surface area contributed by atoms with Crippen LogP contribution in [0.3, 0.4) is 0 Å². The van der Waals surface area contributed by atoms with E-state index in [0.29, 0.717) is 58.2 Å². The molecule has 2 aromatic carbocycles. The molecule has 0 bridgehead atoms. The molecule has 0 spiro atoms. The van der Waals surface area contributed by atoms with Gasteiger partial charge < -0.3 is 29.1 Å². The lowest BCUT2D eigenvalue weighted by Gasteiger charge is -2.22. The SMILES string of the molecule is CCS(=O)(=O)Nc1ccc(Oc2cccc(OCCOC3CCNCC3)c2)c(-c2cn(C)c(=O)c3[nH]ccc23)c1. The first-order chi connectivity index (χ1) is 19.3. The van der Waals surface area contributed by atoms with Crippen molar-refractivity contribution in [1.82, 2.24) is 14.9 Å².